The molecule has 0 atom stereocenters. The standard InChI is InChI=1S/C13H25N5O3/c1-4-5-14-11-15-12(18(6-8-19)7-9-20)17-13(16-11)21-10(2)3/h10,19-20H,4-9H2,1-3H3,(H,14,15,16,17). The van der Waals surface area contributed by atoms with Crippen LogP contribution in [0.15, 0.2) is 0 Å². The Morgan fingerprint density at radius 1 is 1.14 bits per heavy atom. The number of ether oxygens (including phenoxy) is 1. The van der Waals surface area contributed by atoms with Crippen molar-refractivity contribution in [1.29, 1.82) is 0 Å². The molecule has 0 bridgehead atoms. The minimum absolute atomic E-state index is 0.0518. The number of nitrogens with one attached hydrogen (secondary N) is 1. The van der Waals surface area contributed by atoms with E-state index in [9.17, 15) is 0 Å². The Hall–Kier alpha value is -1.67. The average Bonchev–Trinajstić information content (AvgIpc) is 2.44. The molecule has 0 radical (unpaired) electrons. The zero-order valence-electron chi connectivity index (χ0n) is 12.9. The summed E-state index contributed by atoms with van der Waals surface area (Å²) >= 11 is 0. The number of rotatable bonds is 10. The SMILES string of the molecule is CCCNc1nc(OC(C)C)nc(N(CCO)CCO)n1. The third kappa shape index (κ3) is 6.09. The maximum atomic E-state index is 9.11. The molecule has 0 saturated heterocycles. The number of aliphatic hydroxyl groups is 2. The van der Waals surface area contributed by atoms with Crippen molar-refractivity contribution >= 4 is 11.9 Å². The Morgan fingerprint density at radius 2 is 1.81 bits per heavy atom. The summed E-state index contributed by atoms with van der Waals surface area (Å²) in [5.74, 6) is 0.806. The van der Waals surface area contributed by atoms with Crippen molar-refractivity contribution in [1.82, 2.24) is 15.0 Å². The first-order valence-electron chi connectivity index (χ1n) is 7.24. The molecule has 0 aromatic carbocycles. The molecular weight excluding hydrogens is 274 g/mol. The fraction of sp³-hybridized carbons (Fsp3) is 0.769. The first kappa shape index (κ1) is 17.4. The Bertz CT molecular complexity index is 411. The van der Waals surface area contributed by atoms with Crippen LogP contribution in [0.3, 0.4) is 0 Å². The molecule has 0 aliphatic carbocycles. The molecule has 1 aromatic heterocycles. The lowest BCUT2D eigenvalue weighted by molar-refractivity contribution is 0.221. The molecular formula is C13H25N5O3. The predicted octanol–water partition coefficient (Wildman–Crippen LogP) is 0.272. The largest absolute Gasteiger partial charge is 0.461 e. The van der Waals surface area contributed by atoms with Crippen LogP contribution in [0.2, 0.25) is 0 Å². The highest BCUT2D eigenvalue weighted by atomic mass is 16.5. The first-order valence-corrected chi connectivity index (χ1v) is 7.24. The van der Waals surface area contributed by atoms with Crippen molar-refractivity contribution in [3.05, 3.63) is 0 Å². The van der Waals surface area contributed by atoms with E-state index in [1.807, 2.05) is 20.8 Å². The number of aromatic nitrogens is 3. The second-order valence-electron chi connectivity index (χ2n) is 4.77. The number of hydrogen-bond donors (Lipinski definition) is 3. The van der Waals surface area contributed by atoms with E-state index < -0.39 is 0 Å². The van der Waals surface area contributed by atoms with Crippen LogP contribution in [0.1, 0.15) is 27.2 Å². The molecule has 8 nitrogen and oxygen atoms in total. The van der Waals surface area contributed by atoms with Crippen LogP contribution in [-0.4, -0.2) is 64.1 Å². The number of anilines is 2. The number of aliphatic hydroxyl groups excluding tert-OH is 2. The predicted molar refractivity (Wildman–Crippen MR) is 80.8 cm³/mol. The minimum Gasteiger partial charge on any atom is -0.461 e. The smallest absolute Gasteiger partial charge is 0.323 e. The van der Waals surface area contributed by atoms with Gasteiger partial charge in [0.2, 0.25) is 11.9 Å². The summed E-state index contributed by atoms with van der Waals surface area (Å²) in [4.78, 5) is 14.4. The van der Waals surface area contributed by atoms with E-state index in [1.165, 1.54) is 0 Å². The molecule has 0 aliphatic rings. The Labute approximate surface area is 125 Å². The van der Waals surface area contributed by atoms with Gasteiger partial charge in [0.1, 0.15) is 0 Å². The summed E-state index contributed by atoms with van der Waals surface area (Å²) in [5, 5.41) is 21.3. The topological polar surface area (TPSA) is 104 Å². The second-order valence-corrected chi connectivity index (χ2v) is 4.77. The maximum absolute atomic E-state index is 9.11. The van der Waals surface area contributed by atoms with Gasteiger partial charge in [0.05, 0.1) is 19.3 Å². The van der Waals surface area contributed by atoms with Crippen molar-refractivity contribution < 1.29 is 14.9 Å². The van der Waals surface area contributed by atoms with Crippen LogP contribution in [0, 0.1) is 0 Å². The summed E-state index contributed by atoms with van der Waals surface area (Å²) in [5.41, 5.74) is 0. The fourth-order valence-corrected chi connectivity index (χ4v) is 1.62. The van der Waals surface area contributed by atoms with Crippen LogP contribution in [0.5, 0.6) is 6.01 Å². The Kier molecular flexibility index (Phi) is 7.70. The van der Waals surface area contributed by atoms with E-state index in [-0.39, 0.29) is 25.3 Å². The molecule has 1 aromatic rings. The lowest BCUT2D eigenvalue weighted by Crippen LogP contribution is -2.32. The lowest BCUT2D eigenvalue weighted by Gasteiger charge is -2.21. The molecule has 0 amide bonds. The van der Waals surface area contributed by atoms with Crippen molar-refractivity contribution in [2.75, 3.05) is 43.1 Å². The molecule has 21 heavy (non-hydrogen) atoms. The summed E-state index contributed by atoms with van der Waals surface area (Å²) in [6.07, 6.45) is 0.890. The summed E-state index contributed by atoms with van der Waals surface area (Å²) in [7, 11) is 0. The van der Waals surface area contributed by atoms with Gasteiger partial charge in [-0.15, -0.1) is 0 Å². The van der Waals surface area contributed by atoms with Crippen LogP contribution in [0.4, 0.5) is 11.9 Å². The molecule has 0 fully saturated rings. The highest BCUT2D eigenvalue weighted by Gasteiger charge is 2.14. The molecule has 1 rings (SSSR count). The van der Waals surface area contributed by atoms with Gasteiger partial charge in [-0.1, -0.05) is 6.92 Å². The number of nitrogens with zero attached hydrogens (tertiary/aromatic N) is 4. The van der Waals surface area contributed by atoms with E-state index in [2.05, 4.69) is 20.3 Å². The molecule has 0 aliphatic heterocycles. The fourth-order valence-electron chi connectivity index (χ4n) is 1.62. The van der Waals surface area contributed by atoms with Crippen molar-refractivity contribution in [3.63, 3.8) is 0 Å². The van der Waals surface area contributed by atoms with Gasteiger partial charge in [-0.25, -0.2) is 0 Å². The quantitative estimate of drug-likeness (QED) is 0.566. The molecule has 8 heteroatoms. The van der Waals surface area contributed by atoms with Gasteiger partial charge in [0, 0.05) is 19.6 Å². The van der Waals surface area contributed by atoms with E-state index in [1.54, 1.807) is 4.90 Å². The average molecular weight is 299 g/mol. The van der Waals surface area contributed by atoms with Crippen LogP contribution < -0.4 is 15.0 Å². The highest BCUT2D eigenvalue weighted by Crippen LogP contribution is 2.16. The summed E-state index contributed by atoms with van der Waals surface area (Å²) in [6.45, 7) is 7.13. The lowest BCUT2D eigenvalue weighted by atomic mass is 10.5. The van der Waals surface area contributed by atoms with E-state index >= 15 is 0 Å². The van der Waals surface area contributed by atoms with Gasteiger partial charge in [-0.3, -0.25) is 0 Å². The minimum atomic E-state index is -0.0524. The van der Waals surface area contributed by atoms with E-state index in [0.29, 0.717) is 25.0 Å². The van der Waals surface area contributed by atoms with Crippen LogP contribution in [0.25, 0.3) is 0 Å². The maximum Gasteiger partial charge on any atom is 0.323 e. The van der Waals surface area contributed by atoms with Crippen molar-refractivity contribution in [2.45, 2.75) is 33.3 Å². The van der Waals surface area contributed by atoms with Gasteiger partial charge in [-0.2, -0.15) is 15.0 Å². The molecule has 0 spiro atoms. The van der Waals surface area contributed by atoms with Crippen LogP contribution in [-0.2, 0) is 0 Å². The first-order chi connectivity index (χ1) is 10.1. The third-order valence-corrected chi connectivity index (χ3v) is 2.50. The molecule has 120 valence electrons. The van der Waals surface area contributed by atoms with E-state index in [4.69, 9.17) is 14.9 Å². The molecule has 0 saturated carbocycles. The Balaban J connectivity index is 3.02. The normalized spacial score (nSPS) is 10.8. The third-order valence-electron chi connectivity index (χ3n) is 2.50. The number of hydrogen-bond acceptors (Lipinski definition) is 8. The van der Waals surface area contributed by atoms with E-state index in [0.717, 1.165) is 13.0 Å². The zero-order chi connectivity index (χ0) is 15.7. The highest BCUT2D eigenvalue weighted by molar-refractivity contribution is 5.38. The van der Waals surface area contributed by atoms with Crippen molar-refractivity contribution in [3.8, 4) is 6.01 Å². The monoisotopic (exact) mass is 299 g/mol. The van der Waals surface area contributed by atoms with Crippen molar-refractivity contribution in [2.24, 2.45) is 0 Å². The van der Waals surface area contributed by atoms with Gasteiger partial charge in [0.25, 0.3) is 0 Å². The molecule has 3 N–H and O–H groups in total. The van der Waals surface area contributed by atoms with Crippen LogP contribution >= 0.6 is 0 Å². The summed E-state index contributed by atoms with van der Waals surface area (Å²) < 4.78 is 5.53. The second kappa shape index (κ2) is 9.30. The van der Waals surface area contributed by atoms with Gasteiger partial charge in [-0.05, 0) is 20.3 Å². The van der Waals surface area contributed by atoms with Gasteiger partial charge in [0.15, 0.2) is 0 Å². The van der Waals surface area contributed by atoms with Gasteiger partial charge >= 0.3 is 6.01 Å². The molecule has 1 heterocycles. The van der Waals surface area contributed by atoms with Gasteiger partial charge < -0.3 is 25.2 Å². The summed E-state index contributed by atoms with van der Waals surface area (Å²) in [6, 6.07) is 0.231. The zero-order valence-corrected chi connectivity index (χ0v) is 12.9. The Morgan fingerprint density at radius 3 is 2.33 bits per heavy atom. The molecule has 0 unspecified atom stereocenters.